The average Bonchev–Trinajstić information content (AvgIpc) is 2.13. The van der Waals surface area contributed by atoms with E-state index in [0.29, 0.717) is 6.42 Å². The monoisotopic (exact) mass is 230 g/mol. The molecule has 0 aliphatic carbocycles. The first-order chi connectivity index (χ1) is 7.21. The maximum absolute atomic E-state index is 11.9. The second-order valence-electron chi connectivity index (χ2n) is 5.14. The van der Waals surface area contributed by atoms with Crippen LogP contribution in [0.3, 0.4) is 0 Å². The summed E-state index contributed by atoms with van der Waals surface area (Å²) in [5.74, 6) is -1.39. The number of carboxylic acids is 1. The molecule has 0 saturated heterocycles. The highest BCUT2D eigenvalue weighted by molar-refractivity contribution is 5.83. The van der Waals surface area contributed by atoms with E-state index >= 15 is 0 Å². The van der Waals surface area contributed by atoms with E-state index in [4.69, 9.17) is 9.84 Å². The molecule has 0 aromatic heterocycles. The molecule has 4 heteroatoms. The van der Waals surface area contributed by atoms with Gasteiger partial charge in [-0.3, -0.25) is 9.59 Å². The van der Waals surface area contributed by atoms with E-state index in [-0.39, 0.29) is 6.42 Å². The van der Waals surface area contributed by atoms with Gasteiger partial charge in [-0.15, -0.1) is 0 Å². The molecule has 4 nitrogen and oxygen atoms in total. The highest BCUT2D eigenvalue weighted by Gasteiger charge is 2.50. The summed E-state index contributed by atoms with van der Waals surface area (Å²) in [6, 6.07) is 0. The lowest BCUT2D eigenvalue weighted by Gasteiger charge is -2.41. The fraction of sp³-hybridized carbons (Fsp3) is 0.833. The van der Waals surface area contributed by atoms with Gasteiger partial charge in [0.25, 0.3) is 0 Å². The lowest BCUT2D eigenvalue weighted by molar-refractivity contribution is -0.167. The Morgan fingerprint density at radius 2 is 1.75 bits per heavy atom. The Morgan fingerprint density at radius 1 is 1.25 bits per heavy atom. The number of carboxylic acid groups (broad SMARTS) is 1. The van der Waals surface area contributed by atoms with Crippen molar-refractivity contribution >= 4 is 11.9 Å². The maximum atomic E-state index is 11.9. The summed E-state index contributed by atoms with van der Waals surface area (Å²) in [4.78, 5) is 22.9. The number of ether oxygens (including phenoxy) is 1. The van der Waals surface area contributed by atoms with Gasteiger partial charge in [-0.2, -0.15) is 0 Å². The van der Waals surface area contributed by atoms with Gasteiger partial charge < -0.3 is 9.84 Å². The van der Waals surface area contributed by atoms with Crippen molar-refractivity contribution in [2.75, 3.05) is 7.11 Å². The van der Waals surface area contributed by atoms with E-state index < -0.39 is 22.8 Å². The SMILES string of the molecule is CCCC(CC(=O)O)(C(=O)OC)C(C)(C)C. The molecule has 0 radical (unpaired) electrons. The van der Waals surface area contributed by atoms with Crippen LogP contribution in [0.4, 0.5) is 0 Å². The van der Waals surface area contributed by atoms with Gasteiger partial charge in [-0.1, -0.05) is 34.1 Å². The molecule has 0 aliphatic heterocycles. The fourth-order valence-electron chi connectivity index (χ4n) is 2.09. The van der Waals surface area contributed by atoms with Gasteiger partial charge in [0, 0.05) is 0 Å². The third kappa shape index (κ3) is 2.97. The molecule has 0 amide bonds. The third-order valence-electron chi connectivity index (χ3n) is 3.14. The molecule has 0 aromatic carbocycles. The standard InChI is InChI=1S/C12H22O4/c1-6-7-12(8-9(13)14,10(15)16-5)11(2,3)4/h6-8H2,1-5H3,(H,13,14). The van der Waals surface area contributed by atoms with E-state index in [1.165, 1.54) is 7.11 Å². The van der Waals surface area contributed by atoms with E-state index in [1.807, 2.05) is 27.7 Å². The van der Waals surface area contributed by atoms with Crippen LogP contribution in [0.5, 0.6) is 0 Å². The van der Waals surface area contributed by atoms with Crippen molar-refractivity contribution in [1.29, 1.82) is 0 Å². The molecule has 1 unspecified atom stereocenters. The minimum atomic E-state index is -0.964. The van der Waals surface area contributed by atoms with Crippen molar-refractivity contribution in [2.24, 2.45) is 10.8 Å². The summed E-state index contributed by atoms with van der Waals surface area (Å²) < 4.78 is 4.79. The average molecular weight is 230 g/mol. The van der Waals surface area contributed by atoms with Crippen molar-refractivity contribution < 1.29 is 19.4 Å². The molecule has 0 fully saturated rings. The van der Waals surface area contributed by atoms with E-state index in [0.717, 1.165) is 6.42 Å². The number of hydrogen-bond donors (Lipinski definition) is 1. The zero-order valence-electron chi connectivity index (χ0n) is 10.8. The molecule has 0 rings (SSSR count). The van der Waals surface area contributed by atoms with Crippen molar-refractivity contribution in [3.63, 3.8) is 0 Å². The van der Waals surface area contributed by atoms with Crippen LogP contribution in [0.25, 0.3) is 0 Å². The molecule has 16 heavy (non-hydrogen) atoms. The Balaban J connectivity index is 5.38. The lowest BCUT2D eigenvalue weighted by Crippen LogP contribution is -2.45. The van der Waals surface area contributed by atoms with Gasteiger partial charge in [0.15, 0.2) is 0 Å². The van der Waals surface area contributed by atoms with Gasteiger partial charge in [-0.25, -0.2) is 0 Å². The van der Waals surface area contributed by atoms with Crippen LogP contribution in [-0.2, 0) is 14.3 Å². The van der Waals surface area contributed by atoms with Crippen LogP contribution in [0.15, 0.2) is 0 Å². The Hall–Kier alpha value is -1.06. The summed E-state index contributed by atoms with van der Waals surface area (Å²) in [6.07, 6.45) is 1.09. The van der Waals surface area contributed by atoms with Gasteiger partial charge in [-0.05, 0) is 11.8 Å². The molecule has 1 atom stereocenters. The number of hydrogen-bond acceptors (Lipinski definition) is 3. The van der Waals surface area contributed by atoms with Crippen LogP contribution in [-0.4, -0.2) is 24.2 Å². The Kier molecular flexibility index (Phi) is 4.97. The van der Waals surface area contributed by atoms with Crippen molar-refractivity contribution in [1.82, 2.24) is 0 Å². The molecular formula is C12H22O4. The Labute approximate surface area is 97.0 Å². The fourth-order valence-corrected chi connectivity index (χ4v) is 2.09. The summed E-state index contributed by atoms with van der Waals surface area (Å²) in [5.41, 5.74) is -1.38. The second kappa shape index (κ2) is 5.32. The number of methoxy groups -OCH3 is 1. The van der Waals surface area contributed by atoms with Crippen molar-refractivity contribution in [3.05, 3.63) is 0 Å². The molecule has 0 spiro atoms. The first-order valence-electron chi connectivity index (χ1n) is 5.51. The Bertz CT molecular complexity index is 265. The summed E-state index contributed by atoms with van der Waals surface area (Å²) in [7, 11) is 1.31. The minimum absolute atomic E-state index is 0.184. The summed E-state index contributed by atoms with van der Waals surface area (Å²) in [5, 5.41) is 8.98. The highest BCUT2D eigenvalue weighted by Crippen LogP contribution is 2.46. The van der Waals surface area contributed by atoms with Crippen LogP contribution < -0.4 is 0 Å². The summed E-state index contributed by atoms with van der Waals surface area (Å²) >= 11 is 0. The van der Waals surface area contributed by atoms with Gasteiger partial charge in [0.2, 0.25) is 0 Å². The first kappa shape index (κ1) is 14.9. The Morgan fingerprint density at radius 3 is 2.00 bits per heavy atom. The molecule has 0 bridgehead atoms. The van der Waals surface area contributed by atoms with Gasteiger partial charge >= 0.3 is 11.9 Å². The van der Waals surface area contributed by atoms with Gasteiger partial charge in [0.05, 0.1) is 18.9 Å². The third-order valence-corrected chi connectivity index (χ3v) is 3.14. The van der Waals surface area contributed by atoms with Crippen molar-refractivity contribution in [3.8, 4) is 0 Å². The largest absolute Gasteiger partial charge is 0.481 e. The number of carbonyl (C=O) groups is 2. The second-order valence-corrected chi connectivity index (χ2v) is 5.14. The number of rotatable bonds is 5. The van der Waals surface area contributed by atoms with E-state index in [9.17, 15) is 9.59 Å². The van der Waals surface area contributed by atoms with Crippen LogP contribution in [0, 0.1) is 10.8 Å². The zero-order valence-corrected chi connectivity index (χ0v) is 10.8. The van der Waals surface area contributed by atoms with E-state index in [2.05, 4.69) is 0 Å². The highest BCUT2D eigenvalue weighted by atomic mass is 16.5. The quantitative estimate of drug-likeness (QED) is 0.737. The molecule has 94 valence electrons. The number of esters is 1. The number of carbonyl (C=O) groups excluding carboxylic acids is 1. The predicted octanol–water partition coefficient (Wildman–Crippen LogP) is 2.47. The van der Waals surface area contributed by atoms with Crippen molar-refractivity contribution in [2.45, 2.75) is 47.0 Å². The summed E-state index contributed by atoms with van der Waals surface area (Å²) in [6.45, 7) is 7.57. The minimum Gasteiger partial charge on any atom is -0.481 e. The van der Waals surface area contributed by atoms with E-state index in [1.54, 1.807) is 0 Å². The normalized spacial score (nSPS) is 15.3. The molecule has 0 aromatic rings. The van der Waals surface area contributed by atoms with Gasteiger partial charge in [0.1, 0.15) is 0 Å². The maximum Gasteiger partial charge on any atom is 0.312 e. The smallest absolute Gasteiger partial charge is 0.312 e. The van der Waals surface area contributed by atoms with Crippen LogP contribution in [0.1, 0.15) is 47.0 Å². The molecular weight excluding hydrogens is 208 g/mol. The molecule has 1 N–H and O–H groups in total. The topological polar surface area (TPSA) is 63.6 Å². The zero-order chi connectivity index (χ0) is 13.0. The predicted molar refractivity (Wildman–Crippen MR) is 61.1 cm³/mol. The lowest BCUT2D eigenvalue weighted by atomic mass is 9.62. The molecule has 0 aliphatic rings. The van der Waals surface area contributed by atoms with Crippen LogP contribution in [0.2, 0.25) is 0 Å². The molecule has 0 heterocycles. The molecule has 0 saturated carbocycles. The number of aliphatic carboxylic acids is 1. The van der Waals surface area contributed by atoms with Crippen LogP contribution >= 0.6 is 0 Å². The first-order valence-corrected chi connectivity index (χ1v) is 5.51.